The smallest absolute Gasteiger partial charge is 0.278 e. The van der Waals surface area contributed by atoms with Gasteiger partial charge in [0, 0.05) is 42.8 Å². The largest absolute Gasteiger partial charge is 0.384 e. The summed E-state index contributed by atoms with van der Waals surface area (Å²) in [5.41, 5.74) is 2.63. The van der Waals surface area contributed by atoms with E-state index in [2.05, 4.69) is 50.8 Å². The van der Waals surface area contributed by atoms with Crippen LogP contribution in [0.25, 0.3) is 16.9 Å². The summed E-state index contributed by atoms with van der Waals surface area (Å²) in [6, 6.07) is 11.9. The molecule has 2 aliphatic heterocycles. The third-order valence-corrected chi connectivity index (χ3v) is 7.45. The van der Waals surface area contributed by atoms with Gasteiger partial charge in [0.1, 0.15) is 11.0 Å². The van der Waals surface area contributed by atoms with Crippen molar-refractivity contribution in [1.82, 2.24) is 29.2 Å². The van der Waals surface area contributed by atoms with Crippen LogP contribution in [0.2, 0.25) is 0 Å². The molecule has 6 rings (SSSR count). The van der Waals surface area contributed by atoms with Gasteiger partial charge < -0.3 is 25.0 Å². The zero-order valence-electron chi connectivity index (χ0n) is 23.0. The van der Waals surface area contributed by atoms with Gasteiger partial charge in [-0.05, 0) is 51.2 Å². The van der Waals surface area contributed by atoms with E-state index in [1.165, 1.54) is 16.6 Å². The van der Waals surface area contributed by atoms with E-state index in [0.29, 0.717) is 47.7 Å². The first-order valence-electron chi connectivity index (χ1n) is 13.5. The number of likely N-dealkylation sites (N-methyl/N-ethyl adjacent to an activating group) is 1. The first-order chi connectivity index (χ1) is 19.2. The molecule has 1 atom stereocenters. The maximum absolute atomic E-state index is 13.3. The van der Waals surface area contributed by atoms with E-state index in [1.807, 2.05) is 6.07 Å². The van der Waals surface area contributed by atoms with Gasteiger partial charge >= 0.3 is 0 Å². The van der Waals surface area contributed by atoms with Crippen molar-refractivity contribution in [1.29, 1.82) is 0 Å². The van der Waals surface area contributed by atoms with E-state index in [9.17, 15) is 9.90 Å². The molecule has 1 fully saturated rings. The number of rotatable bonds is 6. The van der Waals surface area contributed by atoms with Gasteiger partial charge in [-0.15, -0.1) is 6.58 Å². The lowest BCUT2D eigenvalue weighted by Gasteiger charge is -2.40. The Kier molecular flexibility index (Phi) is 6.65. The number of nitrogens with one attached hydrogen (secondary N) is 1. The average Bonchev–Trinajstić information content (AvgIpc) is 3.07. The average molecular weight is 543 g/mol. The molecule has 0 spiro atoms. The number of piperazine rings is 1. The van der Waals surface area contributed by atoms with E-state index >= 15 is 0 Å². The minimum absolute atomic E-state index is 0.249. The van der Waals surface area contributed by atoms with Crippen LogP contribution >= 0.6 is 0 Å². The summed E-state index contributed by atoms with van der Waals surface area (Å²) in [5.74, 6) is 0.810. The minimum Gasteiger partial charge on any atom is -0.384 e. The molecule has 5 heterocycles. The lowest BCUT2D eigenvalue weighted by molar-refractivity contribution is 0.0738. The summed E-state index contributed by atoms with van der Waals surface area (Å²) in [4.78, 5) is 31.9. The Balaban J connectivity index is 1.38. The molecule has 0 radical (unpaired) electrons. The van der Waals surface area contributed by atoms with E-state index in [1.54, 1.807) is 42.8 Å². The Morgan fingerprint density at radius 3 is 2.88 bits per heavy atom. The number of fused-ring (bicyclic) bond motifs is 4. The highest BCUT2D eigenvalue weighted by Gasteiger charge is 2.29. The third kappa shape index (κ3) is 4.76. The number of anilines is 3. The number of hydrogen-bond donors (Lipinski definition) is 2. The van der Waals surface area contributed by atoms with Crippen LogP contribution in [0.3, 0.4) is 0 Å². The van der Waals surface area contributed by atoms with Crippen molar-refractivity contribution in [3.8, 4) is 5.82 Å². The van der Waals surface area contributed by atoms with Crippen molar-refractivity contribution in [2.45, 2.75) is 38.6 Å². The maximum Gasteiger partial charge on any atom is 0.278 e. The fraction of sp³-hybridized carbons (Fsp3) is 0.379. The molecular weight excluding hydrogens is 508 g/mol. The molecule has 1 saturated heterocycles. The summed E-state index contributed by atoms with van der Waals surface area (Å²) >= 11 is 0. The van der Waals surface area contributed by atoms with E-state index in [0.717, 1.165) is 30.9 Å². The van der Waals surface area contributed by atoms with E-state index in [-0.39, 0.29) is 12.1 Å². The summed E-state index contributed by atoms with van der Waals surface area (Å²) < 4.78 is 9.20. The van der Waals surface area contributed by atoms with Crippen molar-refractivity contribution >= 4 is 28.4 Å². The first kappa shape index (κ1) is 26.2. The summed E-state index contributed by atoms with van der Waals surface area (Å²) in [6.07, 6.45) is 3.18. The predicted octanol–water partition coefficient (Wildman–Crippen LogP) is 2.78. The number of hydrogen-bond acceptors (Lipinski definition) is 9. The Morgan fingerprint density at radius 1 is 1.23 bits per heavy atom. The third-order valence-electron chi connectivity index (χ3n) is 7.45. The second kappa shape index (κ2) is 10.2. The Hall–Kier alpha value is -4.06. The van der Waals surface area contributed by atoms with Gasteiger partial charge in [0.25, 0.3) is 5.56 Å². The summed E-state index contributed by atoms with van der Waals surface area (Å²) in [6.45, 7) is 11.6. The van der Waals surface area contributed by atoms with E-state index < -0.39 is 5.60 Å². The molecule has 2 aliphatic rings. The second-order valence-corrected chi connectivity index (χ2v) is 11.0. The molecule has 208 valence electrons. The molecule has 4 aromatic rings. The van der Waals surface area contributed by atoms with Crippen LogP contribution in [-0.4, -0.2) is 73.7 Å². The normalized spacial score (nSPS) is 17.8. The quantitative estimate of drug-likeness (QED) is 0.355. The number of nitrogens with zero attached hydrogens (tertiary/aromatic N) is 7. The summed E-state index contributed by atoms with van der Waals surface area (Å²) in [7, 11) is 2.15. The standard InChI is InChI=1S/C29H34N8O3/c1-5-11-36-27(38)22-15-30-28(33-26(22)37(36)25-8-6-7-24(32-25)29(2,3)39)31-20-9-10-23-19(14-20)17-40-18-21-16-34(4)12-13-35(21)23/h5-10,14-15,21,39H,1,11-13,16-18H2,2-4H3,(H,30,31,33). The van der Waals surface area contributed by atoms with Crippen LogP contribution in [-0.2, 0) is 23.5 Å². The molecular formula is C29H34N8O3. The van der Waals surface area contributed by atoms with Gasteiger partial charge in [0.2, 0.25) is 5.95 Å². The van der Waals surface area contributed by atoms with Gasteiger partial charge in [-0.1, -0.05) is 12.1 Å². The van der Waals surface area contributed by atoms with Crippen molar-refractivity contribution in [3.63, 3.8) is 0 Å². The van der Waals surface area contributed by atoms with Crippen LogP contribution in [0.4, 0.5) is 17.3 Å². The highest BCUT2D eigenvalue weighted by molar-refractivity contribution is 5.77. The molecule has 0 aliphatic carbocycles. The maximum atomic E-state index is 13.3. The Morgan fingerprint density at radius 2 is 2.08 bits per heavy atom. The molecule has 0 amide bonds. The van der Waals surface area contributed by atoms with Crippen LogP contribution in [0.5, 0.6) is 0 Å². The first-order valence-corrected chi connectivity index (χ1v) is 13.5. The zero-order chi connectivity index (χ0) is 28.0. The van der Waals surface area contributed by atoms with Crippen LogP contribution in [0.15, 0.2) is 60.0 Å². The van der Waals surface area contributed by atoms with Gasteiger partial charge in [-0.25, -0.2) is 19.3 Å². The zero-order valence-corrected chi connectivity index (χ0v) is 23.0. The van der Waals surface area contributed by atoms with Crippen molar-refractivity contribution in [2.24, 2.45) is 0 Å². The molecule has 1 aromatic carbocycles. The molecule has 40 heavy (non-hydrogen) atoms. The number of pyridine rings is 1. The van der Waals surface area contributed by atoms with Gasteiger partial charge in [-0.2, -0.15) is 4.98 Å². The topological polar surface area (TPSA) is 114 Å². The lowest BCUT2D eigenvalue weighted by Crippen LogP contribution is -2.53. The molecule has 11 heteroatoms. The van der Waals surface area contributed by atoms with E-state index in [4.69, 9.17) is 9.72 Å². The molecule has 0 saturated carbocycles. The molecule has 1 unspecified atom stereocenters. The number of ether oxygens (including phenoxy) is 1. The van der Waals surface area contributed by atoms with Crippen molar-refractivity contribution < 1.29 is 9.84 Å². The molecule has 2 N–H and O–H groups in total. The lowest BCUT2D eigenvalue weighted by atomic mass is 10.1. The molecule has 11 nitrogen and oxygen atoms in total. The SMILES string of the molecule is C=CCn1c(=O)c2cnc(Nc3ccc4c(c3)COCC3CN(C)CCN43)nc2n1-c1cccc(C(C)(C)O)n1. The highest BCUT2D eigenvalue weighted by Crippen LogP contribution is 2.32. The minimum atomic E-state index is -1.15. The molecule has 0 bridgehead atoms. The Labute approximate surface area is 232 Å². The monoisotopic (exact) mass is 542 g/mol. The highest BCUT2D eigenvalue weighted by atomic mass is 16.5. The summed E-state index contributed by atoms with van der Waals surface area (Å²) in [5, 5.41) is 14.2. The number of allylic oxidation sites excluding steroid dienone is 1. The fourth-order valence-electron chi connectivity index (χ4n) is 5.45. The Bertz CT molecular complexity index is 1640. The van der Waals surface area contributed by atoms with Gasteiger partial charge in [0.05, 0.1) is 31.5 Å². The van der Waals surface area contributed by atoms with Crippen molar-refractivity contribution in [3.05, 3.63) is 76.9 Å². The number of aromatic nitrogens is 5. The fourth-order valence-corrected chi connectivity index (χ4v) is 5.45. The van der Waals surface area contributed by atoms with Crippen LogP contribution in [0, 0.1) is 0 Å². The van der Waals surface area contributed by atoms with Gasteiger partial charge in [0.15, 0.2) is 11.5 Å². The number of benzene rings is 1. The molecule has 3 aromatic heterocycles. The van der Waals surface area contributed by atoms with Crippen molar-refractivity contribution in [2.75, 3.05) is 43.5 Å². The van der Waals surface area contributed by atoms with Crippen LogP contribution in [0.1, 0.15) is 25.1 Å². The van der Waals surface area contributed by atoms with Gasteiger partial charge in [-0.3, -0.25) is 4.79 Å². The van der Waals surface area contributed by atoms with Crippen LogP contribution < -0.4 is 15.8 Å². The number of aliphatic hydroxyl groups is 1. The second-order valence-electron chi connectivity index (χ2n) is 11.0. The predicted molar refractivity (Wildman–Crippen MR) is 154 cm³/mol.